The van der Waals surface area contributed by atoms with E-state index in [4.69, 9.17) is 4.74 Å². The largest absolute Gasteiger partial charge is 0.465 e. The Labute approximate surface area is 163 Å². The van der Waals surface area contributed by atoms with E-state index < -0.39 is 5.97 Å². The van der Waals surface area contributed by atoms with Crippen molar-refractivity contribution in [3.05, 3.63) is 66.4 Å². The van der Waals surface area contributed by atoms with E-state index in [9.17, 15) is 9.59 Å². The Morgan fingerprint density at radius 1 is 1.07 bits per heavy atom. The molecule has 28 heavy (non-hydrogen) atoms. The molecule has 0 aliphatic heterocycles. The third kappa shape index (κ3) is 4.20. The monoisotopic (exact) mass is 378 g/mol. The van der Waals surface area contributed by atoms with E-state index in [-0.39, 0.29) is 12.5 Å². The van der Waals surface area contributed by atoms with Crippen molar-refractivity contribution < 1.29 is 14.3 Å². The summed E-state index contributed by atoms with van der Waals surface area (Å²) < 4.78 is 6.35. The van der Waals surface area contributed by atoms with Crippen LogP contribution in [0.2, 0.25) is 0 Å². The molecule has 0 atom stereocenters. The molecule has 0 aliphatic rings. The average molecular weight is 378 g/mol. The Kier molecular flexibility index (Phi) is 5.74. The van der Waals surface area contributed by atoms with Gasteiger partial charge in [-0.25, -0.2) is 4.79 Å². The van der Waals surface area contributed by atoms with Crippen molar-refractivity contribution in [1.82, 2.24) is 9.78 Å². The van der Waals surface area contributed by atoms with Crippen LogP contribution in [-0.2, 0) is 16.1 Å². The number of hydrogen-bond acceptors (Lipinski definition) is 5. The second kappa shape index (κ2) is 8.39. The lowest BCUT2D eigenvalue weighted by atomic mass is 10.1. The molecule has 2 aromatic carbocycles. The molecule has 144 valence electrons. The normalized spacial score (nSPS) is 10.4. The number of nitrogens with one attached hydrogen (secondary N) is 1. The molecular weight excluding hydrogens is 356 g/mol. The van der Waals surface area contributed by atoms with Crippen LogP contribution in [0.3, 0.4) is 0 Å². The lowest BCUT2D eigenvalue weighted by Crippen LogP contribution is -2.21. The van der Waals surface area contributed by atoms with Gasteiger partial charge in [0.2, 0.25) is 5.91 Å². The van der Waals surface area contributed by atoms with Crippen LogP contribution in [0.5, 0.6) is 0 Å². The summed E-state index contributed by atoms with van der Waals surface area (Å²) in [5, 5.41) is 7.29. The number of aromatic nitrogens is 2. The highest BCUT2D eigenvalue weighted by Gasteiger charge is 2.16. The summed E-state index contributed by atoms with van der Waals surface area (Å²) in [7, 11) is 5.12. The van der Waals surface area contributed by atoms with Gasteiger partial charge >= 0.3 is 5.97 Å². The molecular formula is C21H22N4O3. The van der Waals surface area contributed by atoms with Crippen molar-refractivity contribution in [2.75, 3.05) is 31.4 Å². The van der Waals surface area contributed by atoms with Crippen molar-refractivity contribution >= 4 is 23.4 Å². The number of anilines is 2. The van der Waals surface area contributed by atoms with E-state index in [2.05, 4.69) is 10.4 Å². The highest BCUT2D eigenvalue weighted by atomic mass is 16.5. The zero-order valence-electron chi connectivity index (χ0n) is 16.0. The predicted molar refractivity (Wildman–Crippen MR) is 108 cm³/mol. The Bertz CT molecular complexity index is 980. The summed E-state index contributed by atoms with van der Waals surface area (Å²) in [5.74, 6) is -0.0195. The number of carbonyl (C=O) groups is 2. The molecule has 3 rings (SSSR count). The van der Waals surface area contributed by atoms with Crippen molar-refractivity contribution in [2.45, 2.75) is 6.54 Å². The van der Waals surface area contributed by atoms with Gasteiger partial charge in [0.15, 0.2) is 5.82 Å². The summed E-state index contributed by atoms with van der Waals surface area (Å²) in [6, 6.07) is 16.6. The van der Waals surface area contributed by atoms with Gasteiger partial charge in [-0.3, -0.25) is 9.48 Å². The first kappa shape index (κ1) is 19.2. The number of methoxy groups -OCH3 is 1. The third-order valence-electron chi connectivity index (χ3n) is 4.16. The lowest BCUT2D eigenvalue weighted by Gasteiger charge is -2.11. The summed E-state index contributed by atoms with van der Waals surface area (Å²) in [4.78, 5) is 26.3. The number of esters is 1. The third-order valence-corrected chi connectivity index (χ3v) is 4.16. The zero-order valence-corrected chi connectivity index (χ0v) is 16.0. The first-order chi connectivity index (χ1) is 13.5. The topological polar surface area (TPSA) is 76.5 Å². The maximum Gasteiger partial charge on any atom is 0.339 e. The van der Waals surface area contributed by atoms with Crippen LogP contribution < -0.4 is 10.2 Å². The van der Waals surface area contributed by atoms with Gasteiger partial charge in [0.1, 0.15) is 6.54 Å². The molecule has 7 heteroatoms. The molecule has 3 aromatic rings. The highest BCUT2D eigenvalue weighted by Crippen LogP contribution is 2.28. The molecule has 7 nitrogen and oxygen atoms in total. The number of ether oxygens (including phenoxy) is 1. The summed E-state index contributed by atoms with van der Waals surface area (Å²) in [5.41, 5.74) is 2.67. The molecule has 0 saturated heterocycles. The van der Waals surface area contributed by atoms with Gasteiger partial charge in [-0.2, -0.15) is 5.10 Å². The number of carbonyl (C=O) groups excluding carboxylic acids is 2. The van der Waals surface area contributed by atoms with Crippen LogP contribution in [0.25, 0.3) is 11.1 Å². The second-order valence-corrected chi connectivity index (χ2v) is 6.41. The first-order valence-electron chi connectivity index (χ1n) is 8.77. The van der Waals surface area contributed by atoms with Gasteiger partial charge in [-0.15, -0.1) is 0 Å². The molecule has 0 bridgehead atoms. The van der Waals surface area contributed by atoms with Crippen LogP contribution in [0.15, 0.2) is 60.8 Å². The highest BCUT2D eigenvalue weighted by molar-refractivity contribution is 6.01. The number of hydrogen-bond donors (Lipinski definition) is 1. The van der Waals surface area contributed by atoms with Crippen LogP contribution in [-0.4, -0.2) is 42.9 Å². The van der Waals surface area contributed by atoms with Crippen LogP contribution in [0.4, 0.5) is 11.5 Å². The van der Waals surface area contributed by atoms with Gasteiger partial charge in [0.05, 0.1) is 18.4 Å². The minimum absolute atomic E-state index is 0.0170. The van der Waals surface area contributed by atoms with Gasteiger partial charge < -0.3 is 15.0 Å². The number of para-hydroxylation sites is 1. The van der Waals surface area contributed by atoms with Crippen LogP contribution in [0.1, 0.15) is 10.4 Å². The summed E-state index contributed by atoms with van der Waals surface area (Å²) >= 11 is 0. The summed E-state index contributed by atoms with van der Waals surface area (Å²) in [6.07, 6.45) is 1.84. The minimum Gasteiger partial charge on any atom is -0.465 e. The Morgan fingerprint density at radius 3 is 2.43 bits per heavy atom. The van der Waals surface area contributed by atoms with Gasteiger partial charge in [-0.1, -0.05) is 42.5 Å². The van der Waals surface area contributed by atoms with E-state index in [0.29, 0.717) is 11.3 Å². The standard InChI is InChI=1S/C21H22N4O3/c1-24(2)20-17(15-9-5-4-6-10-15)13-25(23-20)14-19(26)22-18-12-8-7-11-16(18)21(27)28-3/h4-13H,14H2,1-3H3,(H,22,26). The van der Waals surface area contributed by atoms with Gasteiger partial charge in [0, 0.05) is 25.9 Å². The number of nitrogens with zero attached hydrogens (tertiary/aromatic N) is 3. The van der Waals surface area contributed by atoms with Crippen molar-refractivity contribution in [1.29, 1.82) is 0 Å². The van der Waals surface area contributed by atoms with Crippen LogP contribution in [0, 0.1) is 0 Å². The van der Waals surface area contributed by atoms with E-state index in [1.165, 1.54) is 7.11 Å². The Morgan fingerprint density at radius 2 is 1.75 bits per heavy atom. The zero-order chi connectivity index (χ0) is 20.1. The molecule has 1 amide bonds. The SMILES string of the molecule is COC(=O)c1ccccc1NC(=O)Cn1cc(-c2ccccc2)c(N(C)C)n1. The maximum absolute atomic E-state index is 12.5. The van der Waals surface area contributed by atoms with E-state index in [0.717, 1.165) is 16.9 Å². The first-order valence-corrected chi connectivity index (χ1v) is 8.77. The predicted octanol–water partition coefficient (Wildman–Crippen LogP) is 3.04. The summed E-state index contributed by atoms with van der Waals surface area (Å²) in [6.45, 7) is 0.0170. The van der Waals surface area contributed by atoms with Crippen molar-refractivity contribution in [3.8, 4) is 11.1 Å². The molecule has 1 heterocycles. The quantitative estimate of drug-likeness (QED) is 0.667. The molecule has 0 unspecified atom stereocenters. The molecule has 0 spiro atoms. The average Bonchev–Trinajstić information content (AvgIpc) is 3.12. The number of rotatable bonds is 6. The molecule has 0 aliphatic carbocycles. The Hall–Kier alpha value is -3.61. The molecule has 0 radical (unpaired) electrons. The molecule has 1 N–H and O–H groups in total. The van der Waals surface area contributed by atoms with Gasteiger partial charge in [-0.05, 0) is 17.7 Å². The minimum atomic E-state index is -0.503. The van der Waals surface area contributed by atoms with Crippen LogP contribution >= 0.6 is 0 Å². The second-order valence-electron chi connectivity index (χ2n) is 6.41. The molecule has 1 aromatic heterocycles. The van der Waals surface area contributed by atoms with Gasteiger partial charge in [0.25, 0.3) is 0 Å². The Balaban J connectivity index is 1.81. The fraction of sp³-hybridized carbons (Fsp3) is 0.190. The van der Waals surface area contributed by atoms with E-state index in [1.807, 2.05) is 55.5 Å². The smallest absolute Gasteiger partial charge is 0.339 e. The van der Waals surface area contributed by atoms with E-state index >= 15 is 0 Å². The lowest BCUT2D eigenvalue weighted by molar-refractivity contribution is -0.116. The fourth-order valence-corrected chi connectivity index (χ4v) is 2.86. The van der Waals surface area contributed by atoms with Crippen molar-refractivity contribution in [3.63, 3.8) is 0 Å². The maximum atomic E-state index is 12.5. The van der Waals surface area contributed by atoms with Crippen molar-refractivity contribution in [2.24, 2.45) is 0 Å². The fourth-order valence-electron chi connectivity index (χ4n) is 2.86. The molecule has 0 fully saturated rings. The number of amides is 1. The molecule has 0 saturated carbocycles. The van der Waals surface area contributed by atoms with E-state index in [1.54, 1.807) is 28.9 Å². The number of benzene rings is 2.